The lowest BCUT2D eigenvalue weighted by Gasteiger charge is -2.00. The average Bonchev–Trinajstić information content (AvgIpc) is 2.68. The summed E-state index contributed by atoms with van der Waals surface area (Å²) in [5.74, 6) is 0. The second-order valence-electron chi connectivity index (χ2n) is 3.25. The van der Waals surface area contributed by atoms with Crippen LogP contribution in [0.2, 0.25) is 5.02 Å². The van der Waals surface area contributed by atoms with Gasteiger partial charge in [-0.1, -0.05) is 11.6 Å². The monoisotopic (exact) mass is 219 g/mol. The van der Waals surface area contributed by atoms with Gasteiger partial charge in [-0.3, -0.25) is 4.79 Å². The quantitative estimate of drug-likeness (QED) is 0.608. The second kappa shape index (κ2) is 2.84. The van der Waals surface area contributed by atoms with Crippen LogP contribution >= 0.6 is 11.6 Å². The number of imidazole rings is 1. The van der Waals surface area contributed by atoms with Gasteiger partial charge in [-0.05, 0) is 6.07 Å². The van der Waals surface area contributed by atoms with Crippen LogP contribution < -0.4 is 5.43 Å². The molecule has 0 fully saturated rings. The van der Waals surface area contributed by atoms with Crippen molar-refractivity contribution in [2.24, 2.45) is 0 Å². The van der Waals surface area contributed by atoms with Crippen LogP contribution in [0.1, 0.15) is 0 Å². The first-order chi connectivity index (χ1) is 7.27. The molecule has 4 nitrogen and oxygen atoms in total. The Bertz CT molecular complexity index is 713. The largest absolute Gasteiger partial charge is 0.360 e. The van der Waals surface area contributed by atoms with Gasteiger partial charge in [-0.15, -0.1) is 0 Å². The summed E-state index contributed by atoms with van der Waals surface area (Å²) >= 11 is 6.14. The number of rotatable bonds is 0. The van der Waals surface area contributed by atoms with Gasteiger partial charge in [0.1, 0.15) is 5.52 Å². The number of nitrogens with zero attached hydrogens (tertiary/aromatic N) is 1. The third-order valence-electron chi connectivity index (χ3n) is 2.38. The van der Waals surface area contributed by atoms with Crippen molar-refractivity contribution in [1.29, 1.82) is 0 Å². The lowest BCUT2D eigenvalue weighted by atomic mass is 10.2. The molecule has 0 aliphatic rings. The number of halogens is 1. The molecule has 2 N–H and O–H groups in total. The number of H-pyrrole nitrogens is 2. The molecule has 0 bridgehead atoms. The molecule has 5 heteroatoms. The van der Waals surface area contributed by atoms with E-state index in [1.807, 2.05) is 0 Å². The summed E-state index contributed by atoms with van der Waals surface area (Å²) in [7, 11) is 0. The van der Waals surface area contributed by atoms with E-state index in [1.165, 1.54) is 6.07 Å². The van der Waals surface area contributed by atoms with E-state index in [4.69, 9.17) is 11.6 Å². The Morgan fingerprint density at radius 1 is 1.33 bits per heavy atom. The van der Waals surface area contributed by atoms with Crippen molar-refractivity contribution in [2.45, 2.75) is 0 Å². The van der Waals surface area contributed by atoms with Gasteiger partial charge in [0, 0.05) is 17.6 Å². The van der Waals surface area contributed by atoms with E-state index in [-0.39, 0.29) is 5.43 Å². The topological polar surface area (TPSA) is 61.5 Å². The van der Waals surface area contributed by atoms with E-state index in [2.05, 4.69) is 15.0 Å². The Balaban J connectivity index is 2.70. The predicted molar refractivity (Wildman–Crippen MR) is 59.2 cm³/mol. The SMILES string of the molecule is O=c1cc[nH]c2c(Cl)c3nc[nH]c3cc12. The molecule has 0 amide bonds. The van der Waals surface area contributed by atoms with Crippen LogP contribution in [0, 0.1) is 0 Å². The normalized spacial score (nSPS) is 11.3. The summed E-state index contributed by atoms with van der Waals surface area (Å²) in [6.45, 7) is 0. The van der Waals surface area contributed by atoms with Gasteiger partial charge >= 0.3 is 0 Å². The molecule has 0 radical (unpaired) electrons. The first-order valence-electron chi connectivity index (χ1n) is 4.40. The van der Waals surface area contributed by atoms with Gasteiger partial charge in [0.2, 0.25) is 0 Å². The molecule has 74 valence electrons. The van der Waals surface area contributed by atoms with Crippen LogP contribution in [-0.4, -0.2) is 15.0 Å². The van der Waals surface area contributed by atoms with Crippen molar-refractivity contribution in [2.75, 3.05) is 0 Å². The van der Waals surface area contributed by atoms with Crippen LogP contribution in [0.15, 0.2) is 29.5 Å². The third-order valence-corrected chi connectivity index (χ3v) is 2.75. The Morgan fingerprint density at radius 2 is 2.20 bits per heavy atom. The van der Waals surface area contributed by atoms with Crippen LogP contribution in [0.3, 0.4) is 0 Å². The molecule has 0 aliphatic carbocycles. The van der Waals surface area contributed by atoms with E-state index in [1.54, 1.807) is 18.6 Å². The Kier molecular flexibility index (Phi) is 1.61. The minimum absolute atomic E-state index is 0.0536. The minimum Gasteiger partial charge on any atom is -0.360 e. The van der Waals surface area contributed by atoms with Crippen molar-refractivity contribution >= 4 is 33.5 Å². The first-order valence-corrected chi connectivity index (χ1v) is 4.78. The smallest absolute Gasteiger partial charge is 0.189 e. The molecule has 0 saturated carbocycles. The highest BCUT2D eigenvalue weighted by Crippen LogP contribution is 2.26. The molecule has 0 atom stereocenters. The number of benzene rings is 1. The molecule has 3 aromatic rings. The van der Waals surface area contributed by atoms with E-state index >= 15 is 0 Å². The van der Waals surface area contributed by atoms with Gasteiger partial charge in [-0.2, -0.15) is 0 Å². The van der Waals surface area contributed by atoms with Gasteiger partial charge in [-0.25, -0.2) is 4.98 Å². The van der Waals surface area contributed by atoms with Gasteiger partial charge in [0.15, 0.2) is 5.43 Å². The van der Waals surface area contributed by atoms with Crippen LogP contribution in [0.5, 0.6) is 0 Å². The molecule has 2 aromatic heterocycles. The number of hydrogen-bond donors (Lipinski definition) is 2. The van der Waals surface area contributed by atoms with Crippen molar-refractivity contribution < 1.29 is 0 Å². The zero-order chi connectivity index (χ0) is 10.4. The Morgan fingerprint density at radius 3 is 3.07 bits per heavy atom. The maximum atomic E-state index is 11.6. The molecule has 15 heavy (non-hydrogen) atoms. The van der Waals surface area contributed by atoms with Gasteiger partial charge in [0.05, 0.1) is 22.4 Å². The molecular weight excluding hydrogens is 214 g/mol. The number of pyridine rings is 1. The zero-order valence-corrected chi connectivity index (χ0v) is 8.30. The van der Waals surface area contributed by atoms with Gasteiger partial charge in [0.25, 0.3) is 0 Å². The highest BCUT2D eigenvalue weighted by atomic mass is 35.5. The molecule has 0 spiro atoms. The molecular formula is C10H6ClN3O. The number of aromatic amines is 2. The Hall–Kier alpha value is -1.81. The van der Waals surface area contributed by atoms with E-state index in [0.717, 1.165) is 5.52 Å². The molecule has 1 aromatic carbocycles. The fourth-order valence-corrected chi connectivity index (χ4v) is 1.98. The summed E-state index contributed by atoms with van der Waals surface area (Å²) < 4.78 is 0. The standard InChI is InChI=1S/C10H6ClN3O/c11-8-9-5(7(15)1-2-12-9)3-6-10(8)14-4-13-6/h1-4H,(H,12,15)(H,13,14). The predicted octanol–water partition coefficient (Wildman–Crippen LogP) is 2.06. The molecule has 0 aliphatic heterocycles. The highest BCUT2D eigenvalue weighted by Gasteiger charge is 2.09. The van der Waals surface area contributed by atoms with Crippen LogP contribution in [0.25, 0.3) is 21.9 Å². The summed E-state index contributed by atoms with van der Waals surface area (Å²) in [5, 5.41) is 1.04. The summed E-state index contributed by atoms with van der Waals surface area (Å²) in [6.07, 6.45) is 3.13. The first kappa shape index (κ1) is 8.49. The average molecular weight is 220 g/mol. The summed E-state index contributed by atoms with van der Waals surface area (Å²) in [6, 6.07) is 3.23. The van der Waals surface area contributed by atoms with E-state index in [9.17, 15) is 4.79 Å². The van der Waals surface area contributed by atoms with E-state index in [0.29, 0.717) is 21.4 Å². The number of fused-ring (bicyclic) bond motifs is 2. The maximum absolute atomic E-state index is 11.6. The fraction of sp³-hybridized carbons (Fsp3) is 0. The Labute approximate surface area is 88.9 Å². The van der Waals surface area contributed by atoms with Gasteiger partial charge < -0.3 is 9.97 Å². The van der Waals surface area contributed by atoms with Crippen molar-refractivity contribution in [3.63, 3.8) is 0 Å². The number of hydrogen-bond acceptors (Lipinski definition) is 2. The molecule has 0 saturated heterocycles. The maximum Gasteiger partial charge on any atom is 0.189 e. The summed E-state index contributed by atoms with van der Waals surface area (Å²) in [5.41, 5.74) is 2.01. The number of aromatic nitrogens is 3. The van der Waals surface area contributed by atoms with Crippen molar-refractivity contribution in [3.05, 3.63) is 39.9 Å². The van der Waals surface area contributed by atoms with Crippen molar-refractivity contribution in [1.82, 2.24) is 15.0 Å². The fourth-order valence-electron chi connectivity index (χ4n) is 1.67. The molecule has 0 unspecified atom stereocenters. The third kappa shape index (κ3) is 1.08. The van der Waals surface area contributed by atoms with Crippen LogP contribution in [-0.2, 0) is 0 Å². The van der Waals surface area contributed by atoms with E-state index < -0.39 is 0 Å². The molecule has 3 rings (SSSR count). The van der Waals surface area contributed by atoms with Crippen LogP contribution in [0.4, 0.5) is 0 Å². The lowest BCUT2D eigenvalue weighted by molar-refractivity contribution is 1.34. The minimum atomic E-state index is -0.0536. The second-order valence-corrected chi connectivity index (χ2v) is 3.63. The zero-order valence-electron chi connectivity index (χ0n) is 7.54. The highest BCUT2D eigenvalue weighted by molar-refractivity contribution is 6.39. The van der Waals surface area contributed by atoms with Crippen molar-refractivity contribution in [3.8, 4) is 0 Å². The number of nitrogens with one attached hydrogen (secondary N) is 2. The lowest BCUT2D eigenvalue weighted by Crippen LogP contribution is -2.00. The molecule has 2 heterocycles. The summed E-state index contributed by atoms with van der Waals surface area (Å²) in [4.78, 5) is 21.6.